The summed E-state index contributed by atoms with van der Waals surface area (Å²) in [6.45, 7) is 5.79. The lowest BCUT2D eigenvalue weighted by molar-refractivity contribution is 0.0594. The molecular weight excluding hydrogens is 480 g/mol. The normalized spacial score (nSPS) is 14.2. The molecule has 1 heterocycles. The summed E-state index contributed by atoms with van der Waals surface area (Å²) in [7, 11) is 3.46. The van der Waals surface area contributed by atoms with Gasteiger partial charge in [0.05, 0.1) is 7.11 Å². The molecule has 2 N–H and O–H groups in total. The van der Waals surface area contributed by atoms with Crippen LogP contribution in [-0.2, 0) is 4.74 Å². The van der Waals surface area contributed by atoms with Crippen molar-refractivity contribution in [3.05, 3.63) is 95.6 Å². The molecule has 0 atom stereocenters. The van der Waals surface area contributed by atoms with E-state index in [1.807, 2.05) is 60.7 Å². The lowest BCUT2D eigenvalue weighted by Crippen LogP contribution is -2.45. The largest absolute Gasteiger partial charge is 0.480 e. The predicted octanol–water partition coefficient (Wildman–Crippen LogP) is 4.40. The van der Waals surface area contributed by atoms with E-state index in [1.54, 1.807) is 18.2 Å². The van der Waals surface area contributed by atoms with Gasteiger partial charge in [-0.25, -0.2) is 9.59 Å². The summed E-state index contributed by atoms with van der Waals surface area (Å²) in [5.41, 5.74) is 2.61. The highest BCUT2D eigenvalue weighted by Crippen LogP contribution is 2.32. The number of ether oxygens (including phenoxy) is 2. The average molecular weight is 517 g/mol. The number of methoxy groups -OCH3 is 1. The molecule has 200 valence electrons. The molecule has 3 aromatic carbocycles. The van der Waals surface area contributed by atoms with Crippen molar-refractivity contribution >= 4 is 17.7 Å². The monoisotopic (exact) mass is 516 g/mol. The highest BCUT2D eigenvalue weighted by molar-refractivity contribution is 5.96. The first-order valence-electron chi connectivity index (χ1n) is 13.0. The summed E-state index contributed by atoms with van der Waals surface area (Å²) < 4.78 is 11.4. The summed E-state index contributed by atoms with van der Waals surface area (Å²) in [6.07, 6.45) is 0.445. The SMILES string of the molecule is COC(=O)c1cc(NC(=O)NCCCN2CCN(C)CC2)ccc1OC(c1ccccc1)c1ccccc1. The van der Waals surface area contributed by atoms with Crippen LogP contribution in [0.5, 0.6) is 5.75 Å². The third-order valence-corrected chi connectivity index (χ3v) is 6.62. The van der Waals surface area contributed by atoms with E-state index in [0.717, 1.165) is 50.3 Å². The number of carbonyl (C=O) groups is 2. The molecule has 0 aromatic heterocycles. The van der Waals surface area contributed by atoms with Crippen molar-refractivity contribution in [1.82, 2.24) is 15.1 Å². The fraction of sp³-hybridized carbons (Fsp3) is 0.333. The molecule has 1 aliphatic rings. The van der Waals surface area contributed by atoms with E-state index in [9.17, 15) is 9.59 Å². The Morgan fingerprint density at radius 3 is 2.13 bits per heavy atom. The number of hydrogen-bond donors (Lipinski definition) is 2. The Hall–Kier alpha value is -3.88. The molecule has 2 amide bonds. The van der Waals surface area contributed by atoms with E-state index in [-0.39, 0.29) is 11.6 Å². The minimum absolute atomic E-state index is 0.234. The number of likely N-dealkylation sites (N-methyl/N-ethyl adjacent to an activating group) is 1. The Morgan fingerprint density at radius 2 is 1.53 bits per heavy atom. The molecule has 8 heteroatoms. The van der Waals surface area contributed by atoms with E-state index >= 15 is 0 Å². The Bertz CT molecular complexity index is 1140. The third-order valence-electron chi connectivity index (χ3n) is 6.62. The zero-order valence-electron chi connectivity index (χ0n) is 22.1. The number of nitrogens with zero attached hydrogens (tertiary/aromatic N) is 2. The highest BCUT2D eigenvalue weighted by Gasteiger charge is 2.21. The number of benzene rings is 3. The molecule has 0 radical (unpaired) electrons. The van der Waals surface area contributed by atoms with Gasteiger partial charge < -0.3 is 29.9 Å². The van der Waals surface area contributed by atoms with E-state index < -0.39 is 12.1 Å². The second-order valence-corrected chi connectivity index (χ2v) is 9.40. The van der Waals surface area contributed by atoms with E-state index in [4.69, 9.17) is 9.47 Å². The van der Waals surface area contributed by atoms with Crippen LogP contribution in [-0.4, -0.2) is 75.2 Å². The summed E-state index contributed by atoms with van der Waals surface area (Å²) in [6, 6.07) is 24.3. The molecule has 0 spiro atoms. The molecule has 38 heavy (non-hydrogen) atoms. The van der Waals surface area contributed by atoms with Crippen LogP contribution >= 0.6 is 0 Å². The molecule has 0 saturated carbocycles. The van der Waals surface area contributed by atoms with Crippen molar-refractivity contribution in [2.24, 2.45) is 0 Å². The van der Waals surface area contributed by atoms with E-state index in [2.05, 4.69) is 27.5 Å². The molecule has 3 aromatic rings. The molecule has 1 fully saturated rings. The minimum Gasteiger partial charge on any atom is -0.480 e. The zero-order valence-corrected chi connectivity index (χ0v) is 22.1. The predicted molar refractivity (Wildman–Crippen MR) is 149 cm³/mol. The fourth-order valence-electron chi connectivity index (χ4n) is 4.44. The van der Waals surface area contributed by atoms with Gasteiger partial charge in [-0.05, 0) is 49.3 Å². The number of amides is 2. The Morgan fingerprint density at radius 1 is 0.895 bits per heavy atom. The summed E-state index contributed by atoms with van der Waals surface area (Å²) in [4.78, 5) is 29.9. The minimum atomic E-state index is -0.545. The molecule has 1 saturated heterocycles. The van der Waals surface area contributed by atoms with Crippen molar-refractivity contribution in [2.75, 3.05) is 58.7 Å². The molecule has 0 unspecified atom stereocenters. The summed E-state index contributed by atoms with van der Waals surface area (Å²) >= 11 is 0. The first-order chi connectivity index (χ1) is 18.5. The van der Waals surface area contributed by atoms with Gasteiger partial charge in [-0.15, -0.1) is 0 Å². The van der Waals surface area contributed by atoms with Crippen molar-refractivity contribution in [3.8, 4) is 5.75 Å². The van der Waals surface area contributed by atoms with Gasteiger partial charge in [-0.2, -0.15) is 0 Å². The molecule has 0 aliphatic carbocycles. The number of carbonyl (C=O) groups excluding carboxylic acids is 2. The van der Waals surface area contributed by atoms with Gasteiger partial charge in [0, 0.05) is 38.4 Å². The van der Waals surface area contributed by atoms with Gasteiger partial charge in [-0.1, -0.05) is 60.7 Å². The second kappa shape index (κ2) is 13.6. The number of esters is 1. The molecule has 4 rings (SSSR count). The average Bonchev–Trinajstić information content (AvgIpc) is 2.96. The molecule has 1 aliphatic heterocycles. The maximum atomic E-state index is 12.7. The quantitative estimate of drug-likeness (QED) is 0.307. The number of piperazine rings is 1. The lowest BCUT2D eigenvalue weighted by atomic mass is 10.0. The van der Waals surface area contributed by atoms with Gasteiger partial charge in [-0.3, -0.25) is 0 Å². The number of hydrogen-bond acceptors (Lipinski definition) is 6. The van der Waals surface area contributed by atoms with E-state index in [0.29, 0.717) is 18.0 Å². The van der Waals surface area contributed by atoms with E-state index in [1.165, 1.54) is 7.11 Å². The van der Waals surface area contributed by atoms with Crippen molar-refractivity contribution in [1.29, 1.82) is 0 Å². The number of anilines is 1. The highest BCUT2D eigenvalue weighted by atomic mass is 16.5. The van der Waals surface area contributed by atoms with Crippen LogP contribution in [0.2, 0.25) is 0 Å². The number of rotatable bonds is 10. The van der Waals surface area contributed by atoms with Gasteiger partial charge in [0.2, 0.25) is 0 Å². The number of urea groups is 1. The first-order valence-corrected chi connectivity index (χ1v) is 13.0. The lowest BCUT2D eigenvalue weighted by Gasteiger charge is -2.32. The first kappa shape index (κ1) is 27.2. The van der Waals surface area contributed by atoms with Gasteiger partial charge >= 0.3 is 12.0 Å². The maximum Gasteiger partial charge on any atom is 0.341 e. The fourth-order valence-corrected chi connectivity index (χ4v) is 4.44. The summed E-state index contributed by atoms with van der Waals surface area (Å²) in [5.74, 6) is -0.177. The third kappa shape index (κ3) is 7.57. The van der Waals surface area contributed by atoms with Crippen molar-refractivity contribution < 1.29 is 19.1 Å². The smallest absolute Gasteiger partial charge is 0.341 e. The van der Waals surface area contributed by atoms with Crippen molar-refractivity contribution in [2.45, 2.75) is 12.5 Å². The van der Waals surface area contributed by atoms with Crippen LogP contribution in [0.25, 0.3) is 0 Å². The molecular formula is C30H36N4O4. The zero-order chi connectivity index (χ0) is 26.7. The topological polar surface area (TPSA) is 83.1 Å². The number of nitrogens with one attached hydrogen (secondary N) is 2. The van der Waals surface area contributed by atoms with Crippen molar-refractivity contribution in [3.63, 3.8) is 0 Å². The van der Waals surface area contributed by atoms with Gasteiger partial charge in [0.25, 0.3) is 0 Å². The standard InChI is InChI=1S/C30H36N4O4/c1-33-18-20-34(21-19-33)17-9-16-31-30(36)32-25-14-15-27(26(22-25)29(35)37-2)38-28(23-10-5-3-6-11-23)24-12-7-4-8-13-24/h3-8,10-15,22,28H,9,16-21H2,1-2H3,(H2,31,32,36). The van der Waals surface area contributed by atoms with Crippen LogP contribution < -0.4 is 15.4 Å². The van der Waals surface area contributed by atoms with Crippen LogP contribution in [0.1, 0.15) is 34.0 Å². The van der Waals surface area contributed by atoms with Crippen LogP contribution in [0, 0.1) is 0 Å². The Labute approximate surface area is 224 Å². The molecule has 0 bridgehead atoms. The van der Waals surface area contributed by atoms with Gasteiger partial charge in [0.1, 0.15) is 17.4 Å². The summed E-state index contributed by atoms with van der Waals surface area (Å²) in [5, 5.41) is 5.71. The Kier molecular flexibility index (Phi) is 9.72. The van der Waals surface area contributed by atoms with Crippen LogP contribution in [0.3, 0.4) is 0 Å². The Balaban J connectivity index is 1.41. The van der Waals surface area contributed by atoms with Crippen LogP contribution in [0.15, 0.2) is 78.9 Å². The maximum absolute atomic E-state index is 12.7. The second-order valence-electron chi connectivity index (χ2n) is 9.40. The van der Waals surface area contributed by atoms with Crippen LogP contribution in [0.4, 0.5) is 10.5 Å². The molecule has 8 nitrogen and oxygen atoms in total. The van der Waals surface area contributed by atoms with Gasteiger partial charge in [0.15, 0.2) is 0 Å².